The molecule has 1 N–H and O–H groups in total. The Kier molecular flexibility index (Phi) is 5.32. The lowest BCUT2D eigenvalue weighted by atomic mass is 10.2. The molecule has 1 atom stereocenters. The average Bonchev–Trinajstić information content (AvgIpc) is 2.94. The number of halogens is 1. The molecule has 0 saturated carbocycles. The maximum absolute atomic E-state index is 12.8. The molecule has 5 nitrogen and oxygen atoms in total. The first-order valence-electron chi connectivity index (χ1n) is 6.60. The third kappa shape index (κ3) is 4.56. The molecule has 2 aromatic rings. The summed E-state index contributed by atoms with van der Waals surface area (Å²) in [5, 5.41) is 10.9. The van der Waals surface area contributed by atoms with E-state index >= 15 is 0 Å². The molecule has 0 radical (unpaired) electrons. The summed E-state index contributed by atoms with van der Waals surface area (Å²) in [7, 11) is 0. The Balaban J connectivity index is 1.91. The van der Waals surface area contributed by atoms with Crippen LogP contribution in [0.25, 0.3) is 11.5 Å². The van der Waals surface area contributed by atoms with Crippen LogP contribution in [0.1, 0.15) is 20.3 Å². The van der Waals surface area contributed by atoms with E-state index in [2.05, 4.69) is 15.5 Å². The van der Waals surface area contributed by atoms with Gasteiger partial charge in [0.25, 0.3) is 5.22 Å². The highest BCUT2D eigenvalue weighted by atomic mass is 32.2. The van der Waals surface area contributed by atoms with E-state index in [1.165, 1.54) is 23.9 Å². The van der Waals surface area contributed by atoms with E-state index < -0.39 is 0 Å². The van der Waals surface area contributed by atoms with Crippen LogP contribution in [-0.2, 0) is 4.79 Å². The zero-order valence-electron chi connectivity index (χ0n) is 11.8. The summed E-state index contributed by atoms with van der Waals surface area (Å²) in [4.78, 5) is 11.6. The summed E-state index contributed by atoms with van der Waals surface area (Å²) >= 11 is 1.17. The highest BCUT2D eigenvalue weighted by Gasteiger charge is 2.12. The van der Waals surface area contributed by atoms with E-state index in [4.69, 9.17) is 4.42 Å². The summed E-state index contributed by atoms with van der Waals surface area (Å²) in [6, 6.07) is 5.92. The molecule has 7 heteroatoms. The maximum Gasteiger partial charge on any atom is 0.277 e. The van der Waals surface area contributed by atoms with Gasteiger partial charge in [-0.2, -0.15) is 0 Å². The molecule has 21 heavy (non-hydrogen) atoms. The van der Waals surface area contributed by atoms with Crippen molar-refractivity contribution in [3.05, 3.63) is 30.1 Å². The molecular formula is C14H16FN3O2S. The predicted molar refractivity (Wildman–Crippen MR) is 78.3 cm³/mol. The van der Waals surface area contributed by atoms with Gasteiger partial charge < -0.3 is 9.73 Å². The normalized spacial score (nSPS) is 12.1. The Morgan fingerprint density at radius 2 is 2.10 bits per heavy atom. The zero-order valence-corrected chi connectivity index (χ0v) is 12.6. The van der Waals surface area contributed by atoms with Crippen LogP contribution >= 0.6 is 11.8 Å². The van der Waals surface area contributed by atoms with Gasteiger partial charge in [0.1, 0.15) is 5.82 Å². The van der Waals surface area contributed by atoms with Crippen molar-refractivity contribution < 1.29 is 13.6 Å². The number of benzene rings is 1. The van der Waals surface area contributed by atoms with Crippen LogP contribution in [0.2, 0.25) is 0 Å². The third-order valence-corrected chi connectivity index (χ3v) is 3.66. The lowest BCUT2D eigenvalue weighted by Gasteiger charge is -2.09. The number of nitrogens with zero attached hydrogens (tertiary/aromatic N) is 2. The third-order valence-electron chi connectivity index (χ3n) is 2.84. The monoisotopic (exact) mass is 309 g/mol. The van der Waals surface area contributed by atoms with Gasteiger partial charge in [-0.1, -0.05) is 18.7 Å². The Bertz CT molecular complexity index is 601. The summed E-state index contributed by atoms with van der Waals surface area (Å²) in [5.74, 6) is 0.125. The molecule has 0 aliphatic heterocycles. The second-order valence-corrected chi connectivity index (χ2v) is 5.47. The second kappa shape index (κ2) is 7.21. The SMILES string of the molecule is CC[C@H](C)NC(=O)CSc1nnc(-c2ccc(F)cc2)o1. The van der Waals surface area contributed by atoms with Crippen LogP contribution in [0.3, 0.4) is 0 Å². The van der Waals surface area contributed by atoms with Gasteiger partial charge in [0.05, 0.1) is 5.75 Å². The molecule has 0 fully saturated rings. The molecule has 0 aliphatic carbocycles. The molecule has 0 unspecified atom stereocenters. The van der Waals surface area contributed by atoms with Crippen molar-refractivity contribution in [2.75, 3.05) is 5.75 Å². The van der Waals surface area contributed by atoms with E-state index in [-0.39, 0.29) is 23.5 Å². The molecule has 1 aromatic heterocycles. The van der Waals surface area contributed by atoms with Gasteiger partial charge >= 0.3 is 0 Å². The maximum atomic E-state index is 12.8. The molecule has 112 valence electrons. The van der Waals surface area contributed by atoms with E-state index in [0.717, 1.165) is 6.42 Å². The van der Waals surface area contributed by atoms with Crippen molar-refractivity contribution in [2.45, 2.75) is 31.5 Å². The Morgan fingerprint density at radius 1 is 1.38 bits per heavy atom. The molecule has 1 aromatic carbocycles. The number of aromatic nitrogens is 2. The average molecular weight is 309 g/mol. The van der Waals surface area contributed by atoms with Crippen LogP contribution in [0.4, 0.5) is 4.39 Å². The fourth-order valence-electron chi connectivity index (χ4n) is 1.52. The summed E-state index contributed by atoms with van der Waals surface area (Å²) in [5.41, 5.74) is 0.639. The zero-order chi connectivity index (χ0) is 15.2. The van der Waals surface area contributed by atoms with Gasteiger partial charge in [0.2, 0.25) is 11.8 Å². The highest BCUT2D eigenvalue weighted by Crippen LogP contribution is 2.23. The van der Waals surface area contributed by atoms with Crippen LogP contribution in [0.5, 0.6) is 0 Å². The number of carbonyl (C=O) groups is 1. The number of hydrogen-bond acceptors (Lipinski definition) is 5. The quantitative estimate of drug-likeness (QED) is 0.831. The van der Waals surface area contributed by atoms with Crippen molar-refractivity contribution in [2.24, 2.45) is 0 Å². The molecular weight excluding hydrogens is 293 g/mol. The Hall–Kier alpha value is -1.89. The summed E-state index contributed by atoms with van der Waals surface area (Å²) < 4.78 is 18.3. The number of thioether (sulfide) groups is 1. The van der Waals surface area contributed by atoms with E-state index in [1.807, 2.05) is 13.8 Å². The van der Waals surface area contributed by atoms with E-state index in [0.29, 0.717) is 16.7 Å². The Morgan fingerprint density at radius 3 is 2.76 bits per heavy atom. The molecule has 0 saturated heterocycles. The highest BCUT2D eigenvalue weighted by molar-refractivity contribution is 7.99. The number of carbonyl (C=O) groups excluding carboxylic acids is 1. The van der Waals surface area contributed by atoms with Crippen molar-refractivity contribution in [1.29, 1.82) is 0 Å². The first-order chi connectivity index (χ1) is 10.1. The largest absolute Gasteiger partial charge is 0.411 e. The molecule has 0 spiro atoms. The van der Waals surface area contributed by atoms with Gasteiger partial charge in [0.15, 0.2) is 0 Å². The minimum absolute atomic E-state index is 0.0733. The van der Waals surface area contributed by atoms with Gasteiger partial charge in [-0.25, -0.2) is 4.39 Å². The van der Waals surface area contributed by atoms with Crippen LogP contribution in [0, 0.1) is 5.82 Å². The van der Waals surface area contributed by atoms with Gasteiger partial charge in [-0.15, -0.1) is 10.2 Å². The summed E-state index contributed by atoms with van der Waals surface area (Å²) in [6.45, 7) is 3.95. The summed E-state index contributed by atoms with van der Waals surface area (Å²) in [6.07, 6.45) is 0.881. The van der Waals surface area contributed by atoms with Crippen molar-refractivity contribution in [3.63, 3.8) is 0 Å². The lowest BCUT2D eigenvalue weighted by molar-refractivity contribution is -0.119. The van der Waals surface area contributed by atoms with E-state index in [9.17, 15) is 9.18 Å². The molecule has 1 amide bonds. The number of hydrogen-bond donors (Lipinski definition) is 1. The molecule has 0 aliphatic rings. The standard InChI is InChI=1S/C14H16FN3O2S/c1-3-9(2)16-12(19)8-21-14-18-17-13(20-14)10-4-6-11(15)7-5-10/h4-7,9H,3,8H2,1-2H3,(H,16,19)/t9-/m0/s1. The molecule has 2 rings (SSSR count). The fourth-order valence-corrected chi connectivity index (χ4v) is 2.10. The predicted octanol–water partition coefficient (Wildman–Crippen LogP) is 2.88. The van der Waals surface area contributed by atoms with E-state index in [1.54, 1.807) is 12.1 Å². The van der Waals surface area contributed by atoms with Crippen LogP contribution in [0.15, 0.2) is 33.9 Å². The van der Waals surface area contributed by atoms with Crippen LogP contribution < -0.4 is 5.32 Å². The lowest BCUT2D eigenvalue weighted by Crippen LogP contribution is -2.33. The van der Waals surface area contributed by atoms with Crippen molar-refractivity contribution in [1.82, 2.24) is 15.5 Å². The topological polar surface area (TPSA) is 68.0 Å². The molecule has 0 bridgehead atoms. The first kappa shape index (κ1) is 15.5. The number of amides is 1. The van der Waals surface area contributed by atoms with Crippen molar-refractivity contribution in [3.8, 4) is 11.5 Å². The van der Waals surface area contributed by atoms with Gasteiger partial charge in [-0.3, -0.25) is 4.79 Å². The fraction of sp³-hybridized carbons (Fsp3) is 0.357. The van der Waals surface area contributed by atoms with Gasteiger partial charge in [-0.05, 0) is 37.6 Å². The minimum atomic E-state index is -0.324. The Labute approximate surface area is 126 Å². The first-order valence-corrected chi connectivity index (χ1v) is 7.58. The van der Waals surface area contributed by atoms with Crippen LogP contribution in [-0.4, -0.2) is 27.9 Å². The number of nitrogens with one attached hydrogen (secondary N) is 1. The molecule has 1 heterocycles. The van der Waals surface area contributed by atoms with Crippen molar-refractivity contribution >= 4 is 17.7 Å². The smallest absolute Gasteiger partial charge is 0.277 e. The number of rotatable bonds is 6. The second-order valence-electron chi connectivity index (χ2n) is 4.55. The minimum Gasteiger partial charge on any atom is -0.411 e. The van der Waals surface area contributed by atoms with Gasteiger partial charge in [0, 0.05) is 11.6 Å².